The van der Waals surface area contributed by atoms with Gasteiger partial charge in [0, 0.05) is 24.9 Å². The highest BCUT2D eigenvalue weighted by atomic mass is 32.2. The Kier molecular flexibility index (Phi) is 7.49. The number of rotatable bonds is 6. The summed E-state index contributed by atoms with van der Waals surface area (Å²) in [4.78, 5) is 32.9. The Balaban J connectivity index is 1.61. The smallest absolute Gasteiger partial charge is 0.424 e. The van der Waals surface area contributed by atoms with Crippen molar-refractivity contribution in [3.8, 4) is 0 Å². The molecule has 0 saturated carbocycles. The maximum absolute atomic E-state index is 14.0. The molecular weight excluding hydrogens is 488 g/mol. The van der Waals surface area contributed by atoms with Crippen molar-refractivity contribution in [2.45, 2.75) is 62.9 Å². The number of alkyl halides is 3. The summed E-state index contributed by atoms with van der Waals surface area (Å²) in [7, 11) is 0. The van der Waals surface area contributed by atoms with Crippen LogP contribution in [0.2, 0.25) is 0 Å². The number of amides is 1. The molecule has 192 valence electrons. The van der Waals surface area contributed by atoms with Crippen LogP contribution in [-0.2, 0) is 20.8 Å². The number of hydrogen-bond donors (Lipinski definition) is 1. The van der Waals surface area contributed by atoms with Gasteiger partial charge in [-0.05, 0) is 60.4 Å². The Morgan fingerprint density at radius 3 is 2.69 bits per heavy atom. The number of carbonyl (C=O) groups is 2. The summed E-state index contributed by atoms with van der Waals surface area (Å²) in [6.07, 6.45) is -1.40. The van der Waals surface area contributed by atoms with E-state index in [1.54, 1.807) is 0 Å². The number of thioether (sulfide) groups is 1. The Hall–Kier alpha value is -2.11. The first-order valence-corrected chi connectivity index (χ1v) is 12.8. The van der Waals surface area contributed by atoms with Gasteiger partial charge < -0.3 is 10.0 Å². The first kappa shape index (κ1) is 26.0. The van der Waals surface area contributed by atoms with Crippen LogP contribution in [0.5, 0.6) is 0 Å². The summed E-state index contributed by atoms with van der Waals surface area (Å²) in [5, 5.41) is 12.6. The van der Waals surface area contributed by atoms with Crippen LogP contribution < -0.4 is 0 Å². The molecule has 0 spiro atoms. The third-order valence-corrected chi connectivity index (χ3v) is 7.90. The van der Waals surface area contributed by atoms with E-state index in [-0.39, 0.29) is 18.8 Å². The summed E-state index contributed by atoms with van der Waals surface area (Å²) in [6.45, 7) is 2.22. The van der Waals surface area contributed by atoms with Crippen LogP contribution >= 0.6 is 11.8 Å². The molecule has 35 heavy (non-hydrogen) atoms. The predicted molar refractivity (Wildman–Crippen MR) is 122 cm³/mol. The molecular formula is C24H28F4N2O4S. The molecule has 1 aromatic carbocycles. The quantitative estimate of drug-likeness (QED) is 0.553. The van der Waals surface area contributed by atoms with Crippen LogP contribution in [0.25, 0.3) is 0 Å². The van der Waals surface area contributed by atoms with Crippen LogP contribution in [0, 0.1) is 11.7 Å². The fourth-order valence-corrected chi connectivity index (χ4v) is 6.23. The van der Waals surface area contributed by atoms with Crippen LogP contribution in [-0.4, -0.2) is 63.6 Å². The Bertz CT molecular complexity index is 1000. The fourth-order valence-electron chi connectivity index (χ4n) is 5.25. The number of hydroxylamine groups is 2. The number of nitrogens with zero attached hydrogens (tertiary/aromatic N) is 2. The third-order valence-electron chi connectivity index (χ3n) is 6.97. The number of carbonyl (C=O) groups excluding carboxylic acids is 1. The van der Waals surface area contributed by atoms with Crippen molar-refractivity contribution in [2.75, 3.05) is 18.8 Å². The van der Waals surface area contributed by atoms with Gasteiger partial charge in [-0.25, -0.2) is 9.18 Å². The van der Waals surface area contributed by atoms with Gasteiger partial charge in [0.05, 0.1) is 5.92 Å². The molecule has 3 aliphatic heterocycles. The minimum absolute atomic E-state index is 0.0916. The second-order valence-electron chi connectivity index (χ2n) is 9.20. The number of fused-ring (bicyclic) bond motifs is 1. The van der Waals surface area contributed by atoms with Gasteiger partial charge in [0.25, 0.3) is 0 Å². The number of carboxylic acids is 1. The fraction of sp³-hybridized carbons (Fsp3) is 0.583. The lowest BCUT2D eigenvalue weighted by Crippen LogP contribution is -2.58. The largest absolute Gasteiger partial charge is 0.479 e. The topological polar surface area (TPSA) is 70.1 Å². The van der Waals surface area contributed by atoms with Crippen LogP contribution in [0.4, 0.5) is 17.6 Å². The molecule has 0 radical (unpaired) electrons. The van der Waals surface area contributed by atoms with Gasteiger partial charge in [0.2, 0.25) is 11.5 Å². The molecule has 11 heteroatoms. The monoisotopic (exact) mass is 516 g/mol. The number of benzene rings is 1. The molecule has 1 N–H and O–H groups in total. The Morgan fingerprint density at radius 1 is 1.29 bits per heavy atom. The molecule has 1 aromatic rings. The first-order valence-electron chi connectivity index (χ1n) is 11.7. The normalized spacial score (nSPS) is 29.3. The second-order valence-corrected chi connectivity index (χ2v) is 10.1. The lowest BCUT2D eigenvalue weighted by Gasteiger charge is -2.46. The molecule has 0 aliphatic carbocycles. The van der Waals surface area contributed by atoms with Gasteiger partial charge in [-0.1, -0.05) is 19.4 Å². The van der Waals surface area contributed by atoms with E-state index in [9.17, 15) is 32.3 Å². The standard InChI is InChI=1S/C24H28F4N2O4S/c1-2-4-19-18(5-3-10-30(19)34-23(24(26,27)28)9-12-35-14-23)21(31)29-11-8-15-13-16(25)6-7-17(15)20(29)22(32)33/h6-7,9,12-13,18-20H,2-5,8,10-11,14H2,1H3,(H,32,33)/t18-,19+,20?,23?/m0/s1. The molecule has 1 saturated heterocycles. The molecule has 4 atom stereocenters. The van der Waals surface area contributed by atoms with E-state index in [1.165, 1.54) is 33.6 Å². The summed E-state index contributed by atoms with van der Waals surface area (Å²) >= 11 is 1.02. The van der Waals surface area contributed by atoms with Gasteiger partial charge >= 0.3 is 12.1 Å². The van der Waals surface area contributed by atoms with E-state index in [0.29, 0.717) is 43.2 Å². The van der Waals surface area contributed by atoms with Gasteiger partial charge in [-0.15, -0.1) is 11.8 Å². The van der Waals surface area contributed by atoms with E-state index < -0.39 is 47.5 Å². The van der Waals surface area contributed by atoms with Gasteiger partial charge in [-0.2, -0.15) is 18.2 Å². The molecule has 1 amide bonds. The molecule has 6 nitrogen and oxygen atoms in total. The van der Waals surface area contributed by atoms with E-state index >= 15 is 0 Å². The highest BCUT2D eigenvalue weighted by Crippen LogP contribution is 2.44. The van der Waals surface area contributed by atoms with Crippen molar-refractivity contribution in [1.29, 1.82) is 0 Å². The molecule has 0 bridgehead atoms. The first-order chi connectivity index (χ1) is 16.6. The van der Waals surface area contributed by atoms with E-state index in [4.69, 9.17) is 4.84 Å². The van der Waals surface area contributed by atoms with E-state index in [0.717, 1.165) is 17.8 Å². The van der Waals surface area contributed by atoms with Crippen LogP contribution in [0.15, 0.2) is 29.7 Å². The zero-order valence-electron chi connectivity index (χ0n) is 19.3. The number of carboxylic acid groups (broad SMARTS) is 1. The summed E-state index contributed by atoms with van der Waals surface area (Å²) < 4.78 is 55.6. The zero-order valence-corrected chi connectivity index (χ0v) is 20.1. The van der Waals surface area contributed by atoms with Gasteiger partial charge in [0.1, 0.15) is 5.82 Å². The minimum atomic E-state index is -4.62. The molecule has 2 unspecified atom stereocenters. The third kappa shape index (κ3) is 4.95. The number of aliphatic carboxylic acids is 1. The summed E-state index contributed by atoms with van der Waals surface area (Å²) in [6, 6.07) is 1.94. The van der Waals surface area contributed by atoms with Crippen LogP contribution in [0.1, 0.15) is 49.8 Å². The Labute approximate surface area is 205 Å². The predicted octanol–water partition coefficient (Wildman–Crippen LogP) is 4.71. The molecule has 3 heterocycles. The number of piperidine rings is 1. The average Bonchev–Trinajstić information content (AvgIpc) is 3.29. The summed E-state index contributed by atoms with van der Waals surface area (Å²) in [5.41, 5.74) is -1.55. The van der Waals surface area contributed by atoms with E-state index in [2.05, 4.69) is 0 Å². The number of halogens is 4. The number of hydrogen-bond acceptors (Lipinski definition) is 5. The van der Waals surface area contributed by atoms with Crippen molar-refractivity contribution in [3.05, 3.63) is 46.6 Å². The van der Waals surface area contributed by atoms with Gasteiger partial charge in [-0.3, -0.25) is 9.63 Å². The van der Waals surface area contributed by atoms with E-state index in [1.807, 2.05) is 6.92 Å². The van der Waals surface area contributed by atoms with Gasteiger partial charge in [0.15, 0.2) is 6.04 Å². The van der Waals surface area contributed by atoms with Crippen molar-refractivity contribution in [3.63, 3.8) is 0 Å². The lowest BCUT2D eigenvalue weighted by molar-refractivity contribution is -0.342. The van der Waals surface area contributed by atoms with Crippen molar-refractivity contribution in [1.82, 2.24) is 9.96 Å². The Morgan fingerprint density at radius 2 is 2.06 bits per heavy atom. The SMILES string of the molecule is CCC[C@@H]1[C@@H](C(=O)N2CCc3cc(F)ccc3C2C(=O)O)CCCN1OC1(C(F)(F)F)C=CSC1. The highest BCUT2D eigenvalue weighted by molar-refractivity contribution is 8.02. The minimum Gasteiger partial charge on any atom is -0.479 e. The summed E-state index contributed by atoms with van der Waals surface area (Å²) in [5.74, 6) is -3.14. The van der Waals surface area contributed by atoms with Crippen molar-refractivity contribution < 1.29 is 37.1 Å². The molecule has 4 rings (SSSR count). The highest BCUT2D eigenvalue weighted by Gasteiger charge is 2.58. The maximum atomic E-state index is 14.0. The van der Waals surface area contributed by atoms with Crippen molar-refractivity contribution >= 4 is 23.6 Å². The van der Waals surface area contributed by atoms with Crippen LogP contribution in [0.3, 0.4) is 0 Å². The molecule has 0 aromatic heterocycles. The zero-order chi connectivity index (χ0) is 25.4. The second kappa shape index (κ2) is 10.1. The molecule has 1 fully saturated rings. The molecule has 3 aliphatic rings. The van der Waals surface area contributed by atoms with Crippen molar-refractivity contribution in [2.24, 2.45) is 5.92 Å². The lowest BCUT2D eigenvalue weighted by atomic mass is 9.84. The average molecular weight is 517 g/mol. The maximum Gasteiger partial charge on any atom is 0.424 e.